The number of rotatable bonds is 5. The number of methoxy groups -OCH3 is 1. The Kier molecular flexibility index (Phi) is 4.29. The van der Waals surface area contributed by atoms with E-state index in [1.807, 2.05) is 26.0 Å². The topological polar surface area (TPSA) is 71.7 Å². The van der Waals surface area contributed by atoms with Crippen molar-refractivity contribution in [1.82, 2.24) is 5.32 Å². The van der Waals surface area contributed by atoms with Gasteiger partial charge in [0.25, 0.3) is 5.91 Å². The normalized spacial score (nSPS) is 12.4. The highest BCUT2D eigenvalue weighted by molar-refractivity contribution is 6.00. The van der Waals surface area contributed by atoms with Crippen molar-refractivity contribution in [3.63, 3.8) is 0 Å². The van der Waals surface area contributed by atoms with Crippen molar-refractivity contribution < 1.29 is 19.1 Å². The largest absolute Gasteiger partial charge is 0.493 e. The molecule has 1 heterocycles. The second-order valence-corrected chi connectivity index (χ2v) is 4.78. The summed E-state index contributed by atoms with van der Waals surface area (Å²) in [6.07, 6.45) is 0.508. The van der Waals surface area contributed by atoms with Crippen molar-refractivity contribution in [3.05, 3.63) is 29.5 Å². The second kappa shape index (κ2) is 5.96. The minimum absolute atomic E-state index is 0.0361. The van der Waals surface area contributed by atoms with Gasteiger partial charge in [0.15, 0.2) is 17.1 Å². The molecule has 2 aromatic rings. The molecule has 0 aliphatic heterocycles. The zero-order valence-electron chi connectivity index (χ0n) is 11.9. The molecule has 1 aromatic heterocycles. The number of fused-ring (bicyclic) bond motifs is 1. The van der Waals surface area contributed by atoms with Gasteiger partial charge in [-0.05, 0) is 26.3 Å². The van der Waals surface area contributed by atoms with Crippen LogP contribution in [0.25, 0.3) is 11.0 Å². The molecule has 0 saturated heterocycles. The lowest BCUT2D eigenvalue weighted by Gasteiger charge is -2.11. The first-order chi connectivity index (χ1) is 9.58. The minimum Gasteiger partial charge on any atom is -0.493 e. The van der Waals surface area contributed by atoms with Crippen LogP contribution in [0.3, 0.4) is 0 Å². The number of amides is 1. The molecule has 0 spiro atoms. The Balaban J connectivity index is 2.35. The Hall–Kier alpha value is -2.01. The third-order valence-electron chi connectivity index (χ3n) is 3.29. The molecule has 1 amide bonds. The number of carbonyl (C=O) groups is 1. The number of para-hydroxylation sites is 1. The molecule has 1 aromatic carbocycles. The van der Waals surface area contributed by atoms with Gasteiger partial charge in [0.05, 0.1) is 7.11 Å². The zero-order chi connectivity index (χ0) is 14.7. The summed E-state index contributed by atoms with van der Waals surface area (Å²) in [5.41, 5.74) is 1.36. The first-order valence-electron chi connectivity index (χ1n) is 6.56. The summed E-state index contributed by atoms with van der Waals surface area (Å²) in [7, 11) is 1.57. The van der Waals surface area contributed by atoms with E-state index < -0.39 is 0 Å². The molecule has 5 nitrogen and oxygen atoms in total. The Morgan fingerprint density at radius 1 is 1.50 bits per heavy atom. The van der Waals surface area contributed by atoms with E-state index in [2.05, 4.69) is 5.32 Å². The maximum atomic E-state index is 12.2. The molecule has 0 fully saturated rings. The van der Waals surface area contributed by atoms with Crippen molar-refractivity contribution in [3.8, 4) is 5.75 Å². The number of carbonyl (C=O) groups excluding carboxylic acids is 1. The van der Waals surface area contributed by atoms with E-state index in [1.54, 1.807) is 13.2 Å². The molecule has 5 heteroatoms. The van der Waals surface area contributed by atoms with Gasteiger partial charge in [-0.2, -0.15) is 0 Å². The van der Waals surface area contributed by atoms with Crippen LogP contribution < -0.4 is 10.1 Å². The summed E-state index contributed by atoms with van der Waals surface area (Å²) in [5, 5.41) is 12.5. The molecule has 0 bridgehead atoms. The fraction of sp³-hybridized carbons (Fsp3) is 0.400. The maximum absolute atomic E-state index is 12.2. The molecule has 0 aliphatic carbocycles. The molecule has 2 N–H and O–H groups in total. The quantitative estimate of drug-likeness (QED) is 0.879. The molecule has 0 saturated carbocycles. The standard InChI is InChI=1S/C15H19NO4/c1-9(7-8-17)16-15(18)13-10(2)11-5-4-6-12(19-3)14(11)20-13/h4-6,9,17H,7-8H2,1-3H3,(H,16,18). The number of hydrogen-bond acceptors (Lipinski definition) is 4. The second-order valence-electron chi connectivity index (χ2n) is 4.78. The molecule has 20 heavy (non-hydrogen) atoms. The molecule has 1 unspecified atom stereocenters. The highest BCUT2D eigenvalue weighted by atomic mass is 16.5. The van der Waals surface area contributed by atoms with Gasteiger partial charge in [-0.3, -0.25) is 4.79 Å². The van der Waals surface area contributed by atoms with Crippen molar-refractivity contribution in [2.75, 3.05) is 13.7 Å². The molecule has 1 atom stereocenters. The number of aliphatic hydroxyl groups excluding tert-OH is 1. The van der Waals surface area contributed by atoms with Gasteiger partial charge >= 0.3 is 0 Å². The van der Waals surface area contributed by atoms with Crippen LogP contribution in [0.4, 0.5) is 0 Å². The van der Waals surface area contributed by atoms with Crippen LogP contribution in [0.15, 0.2) is 22.6 Å². The number of nitrogens with one attached hydrogen (secondary N) is 1. The van der Waals surface area contributed by atoms with Gasteiger partial charge in [-0.1, -0.05) is 12.1 Å². The van der Waals surface area contributed by atoms with E-state index in [-0.39, 0.29) is 24.3 Å². The van der Waals surface area contributed by atoms with Gasteiger partial charge in [0.1, 0.15) is 0 Å². The zero-order valence-corrected chi connectivity index (χ0v) is 11.9. The Morgan fingerprint density at radius 2 is 2.25 bits per heavy atom. The Labute approximate surface area is 117 Å². The summed E-state index contributed by atoms with van der Waals surface area (Å²) >= 11 is 0. The fourth-order valence-corrected chi connectivity index (χ4v) is 2.15. The van der Waals surface area contributed by atoms with Gasteiger partial charge in [-0.15, -0.1) is 0 Å². The van der Waals surface area contributed by atoms with Gasteiger partial charge in [0, 0.05) is 23.6 Å². The van der Waals surface area contributed by atoms with Crippen LogP contribution >= 0.6 is 0 Å². The Bertz CT molecular complexity index is 618. The van der Waals surface area contributed by atoms with E-state index in [9.17, 15) is 4.79 Å². The first-order valence-corrected chi connectivity index (χ1v) is 6.56. The average Bonchev–Trinajstić information content (AvgIpc) is 2.76. The summed E-state index contributed by atoms with van der Waals surface area (Å²) < 4.78 is 10.9. The van der Waals surface area contributed by atoms with Crippen LogP contribution in [-0.2, 0) is 0 Å². The van der Waals surface area contributed by atoms with E-state index >= 15 is 0 Å². The molecule has 0 radical (unpaired) electrons. The monoisotopic (exact) mass is 277 g/mol. The van der Waals surface area contributed by atoms with Crippen LogP contribution in [-0.4, -0.2) is 30.8 Å². The summed E-state index contributed by atoms with van der Waals surface area (Å²) in [4.78, 5) is 12.2. The average molecular weight is 277 g/mol. The number of aryl methyl sites for hydroxylation is 1. The van der Waals surface area contributed by atoms with Crippen LogP contribution in [0.1, 0.15) is 29.5 Å². The lowest BCUT2D eigenvalue weighted by atomic mass is 10.1. The molecule has 108 valence electrons. The molecular weight excluding hydrogens is 258 g/mol. The van der Waals surface area contributed by atoms with Crippen molar-refractivity contribution in [1.29, 1.82) is 0 Å². The van der Waals surface area contributed by atoms with Gasteiger partial charge < -0.3 is 19.6 Å². The van der Waals surface area contributed by atoms with Crippen molar-refractivity contribution in [2.24, 2.45) is 0 Å². The van der Waals surface area contributed by atoms with Crippen LogP contribution in [0, 0.1) is 6.92 Å². The SMILES string of the molecule is COc1cccc2c(C)c(C(=O)NC(C)CCO)oc12. The number of aliphatic hydroxyl groups is 1. The first kappa shape index (κ1) is 14.4. The smallest absolute Gasteiger partial charge is 0.287 e. The van der Waals surface area contributed by atoms with Crippen molar-refractivity contribution in [2.45, 2.75) is 26.3 Å². The van der Waals surface area contributed by atoms with Crippen molar-refractivity contribution >= 4 is 16.9 Å². The number of ether oxygens (including phenoxy) is 1. The van der Waals surface area contributed by atoms with Gasteiger partial charge in [-0.25, -0.2) is 0 Å². The predicted molar refractivity (Wildman–Crippen MR) is 76.1 cm³/mol. The third-order valence-corrected chi connectivity index (χ3v) is 3.29. The molecule has 2 rings (SSSR count). The van der Waals surface area contributed by atoms with Gasteiger partial charge in [0.2, 0.25) is 0 Å². The van der Waals surface area contributed by atoms with Crippen LogP contribution in [0.2, 0.25) is 0 Å². The predicted octanol–water partition coefficient (Wildman–Crippen LogP) is 2.25. The Morgan fingerprint density at radius 3 is 2.90 bits per heavy atom. The van der Waals surface area contributed by atoms with E-state index in [0.717, 1.165) is 10.9 Å². The fourth-order valence-electron chi connectivity index (χ4n) is 2.15. The molecular formula is C15H19NO4. The summed E-state index contributed by atoms with van der Waals surface area (Å²) in [5.74, 6) is 0.615. The van der Waals surface area contributed by atoms with E-state index in [0.29, 0.717) is 17.8 Å². The number of benzene rings is 1. The number of hydrogen-bond donors (Lipinski definition) is 2. The lowest BCUT2D eigenvalue weighted by Crippen LogP contribution is -2.33. The highest BCUT2D eigenvalue weighted by Gasteiger charge is 2.20. The summed E-state index contributed by atoms with van der Waals surface area (Å²) in [6.45, 7) is 3.72. The minimum atomic E-state index is -0.276. The molecule has 0 aliphatic rings. The highest BCUT2D eigenvalue weighted by Crippen LogP contribution is 2.32. The maximum Gasteiger partial charge on any atom is 0.287 e. The van der Waals surface area contributed by atoms with E-state index in [1.165, 1.54) is 0 Å². The third kappa shape index (κ3) is 2.63. The lowest BCUT2D eigenvalue weighted by molar-refractivity contribution is 0.0907. The number of furan rings is 1. The van der Waals surface area contributed by atoms with Crippen LogP contribution in [0.5, 0.6) is 5.75 Å². The summed E-state index contributed by atoms with van der Waals surface area (Å²) in [6, 6.07) is 5.44. The van der Waals surface area contributed by atoms with E-state index in [4.69, 9.17) is 14.3 Å².